The summed E-state index contributed by atoms with van der Waals surface area (Å²) in [5.74, 6) is -1.96. The van der Waals surface area contributed by atoms with Gasteiger partial charge >= 0.3 is 12.1 Å². The molecule has 0 saturated carbocycles. The molecule has 0 radical (unpaired) electrons. The van der Waals surface area contributed by atoms with E-state index in [9.17, 15) is 22.8 Å². The van der Waals surface area contributed by atoms with Crippen molar-refractivity contribution in [1.82, 2.24) is 4.98 Å². The van der Waals surface area contributed by atoms with E-state index in [0.717, 1.165) is 0 Å². The number of carbonyl (C=O) groups is 2. The summed E-state index contributed by atoms with van der Waals surface area (Å²) in [5, 5.41) is 8.88. The lowest BCUT2D eigenvalue weighted by molar-refractivity contribution is -0.141. The smallest absolute Gasteiger partial charge is 0.432 e. The largest absolute Gasteiger partial charge is 0.478 e. The predicted molar refractivity (Wildman–Crippen MR) is 64.9 cm³/mol. The molecular weight excluding hydrogens is 275 g/mol. The van der Waals surface area contributed by atoms with E-state index in [4.69, 9.17) is 5.11 Å². The Labute approximate surface area is 111 Å². The summed E-state index contributed by atoms with van der Waals surface area (Å²) in [5.41, 5.74) is -1.96. The van der Waals surface area contributed by atoms with Crippen LogP contribution < -0.4 is 0 Å². The van der Waals surface area contributed by atoms with Gasteiger partial charge in [-0.25, -0.2) is 4.79 Å². The number of ketones is 1. The molecule has 0 aliphatic heterocycles. The van der Waals surface area contributed by atoms with E-state index in [-0.39, 0.29) is 28.7 Å². The van der Waals surface area contributed by atoms with E-state index in [1.807, 2.05) is 0 Å². The Morgan fingerprint density at radius 1 is 1.30 bits per heavy atom. The summed E-state index contributed by atoms with van der Waals surface area (Å²) in [6.45, 7) is 1.61. The van der Waals surface area contributed by atoms with Gasteiger partial charge < -0.3 is 10.1 Å². The predicted octanol–water partition coefficient (Wildman–Crippen LogP) is 3.48. The van der Waals surface area contributed by atoms with E-state index in [1.165, 1.54) is 18.2 Å². The average molecular weight is 285 g/mol. The molecule has 0 atom stereocenters. The maximum atomic E-state index is 12.8. The van der Waals surface area contributed by atoms with E-state index >= 15 is 0 Å². The van der Waals surface area contributed by atoms with Gasteiger partial charge in [0.25, 0.3) is 0 Å². The van der Waals surface area contributed by atoms with Crippen LogP contribution in [0.25, 0.3) is 10.9 Å². The van der Waals surface area contributed by atoms with Crippen molar-refractivity contribution in [2.45, 2.75) is 19.5 Å². The molecule has 0 spiro atoms. The topological polar surface area (TPSA) is 70.2 Å². The van der Waals surface area contributed by atoms with Gasteiger partial charge in [0, 0.05) is 22.9 Å². The molecule has 0 fully saturated rings. The van der Waals surface area contributed by atoms with Gasteiger partial charge in [-0.1, -0.05) is 6.92 Å². The van der Waals surface area contributed by atoms with Crippen LogP contribution >= 0.6 is 0 Å². The van der Waals surface area contributed by atoms with E-state index < -0.39 is 23.4 Å². The van der Waals surface area contributed by atoms with Gasteiger partial charge in [0.1, 0.15) is 5.69 Å². The van der Waals surface area contributed by atoms with Crippen LogP contribution in [0.15, 0.2) is 18.2 Å². The number of carboxylic acid groups (broad SMARTS) is 1. The minimum atomic E-state index is -4.80. The first-order valence-corrected chi connectivity index (χ1v) is 5.75. The van der Waals surface area contributed by atoms with Crippen LogP contribution in [0.5, 0.6) is 0 Å². The second-order valence-corrected chi connectivity index (χ2v) is 4.22. The first kappa shape index (κ1) is 14.1. The van der Waals surface area contributed by atoms with Crippen LogP contribution in [-0.2, 0) is 6.18 Å². The third-order valence-corrected chi connectivity index (χ3v) is 2.94. The summed E-state index contributed by atoms with van der Waals surface area (Å²) < 4.78 is 38.4. The van der Waals surface area contributed by atoms with Crippen molar-refractivity contribution in [3.05, 3.63) is 35.0 Å². The van der Waals surface area contributed by atoms with Crippen molar-refractivity contribution in [3.63, 3.8) is 0 Å². The summed E-state index contributed by atoms with van der Waals surface area (Å²) in [6, 6.07) is 3.83. The van der Waals surface area contributed by atoms with Crippen LogP contribution in [0.1, 0.15) is 39.8 Å². The molecule has 0 aliphatic carbocycles. The van der Waals surface area contributed by atoms with Crippen LogP contribution in [-0.4, -0.2) is 21.8 Å². The molecule has 2 N–H and O–H groups in total. The lowest BCUT2D eigenvalue weighted by Gasteiger charge is -2.04. The molecule has 0 bridgehead atoms. The van der Waals surface area contributed by atoms with Gasteiger partial charge in [0.2, 0.25) is 0 Å². The number of rotatable bonds is 3. The van der Waals surface area contributed by atoms with Gasteiger partial charge in [-0.3, -0.25) is 4.79 Å². The van der Waals surface area contributed by atoms with Crippen LogP contribution in [0.3, 0.4) is 0 Å². The van der Waals surface area contributed by atoms with Crippen LogP contribution in [0, 0.1) is 0 Å². The normalized spacial score (nSPS) is 11.8. The summed E-state index contributed by atoms with van der Waals surface area (Å²) in [7, 11) is 0. The SMILES string of the molecule is CCC(=O)c1ccc2[nH]c(C(F)(F)F)c(C(=O)O)c2c1. The number of carbonyl (C=O) groups excluding carboxylic acids is 1. The minimum absolute atomic E-state index is 0.0300. The number of aromatic nitrogens is 1. The zero-order valence-electron chi connectivity index (χ0n) is 10.3. The molecular formula is C13H10F3NO3. The van der Waals surface area contributed by atoms with Crippen molar-refractivity contribution in [1.29, 1.82) is 0 Å². The Hall–Kier alpha value is -2.31. The Balaban J connectivity index is 2.77. The molecule has 4 nitrogen and oxygen atoms in total. The van der Waals surface area contributed by atoms with Gasteiger partial charge in [-0.05, 0) is 18.2 Å². The van der Waals surface area contributed by atoms with Crippen molar-refractivity contribution in [3.8, 4) is 0 Å². The van der Waals surface area contributed by atoms with E-state index in [1.54, 1.807) is 6.92 Å². The number of alkyl halides is 3. The minimum Gasteiger partial charge on any atom is -0.478 e. The first-order valence-electron chi connectivity index (χ1n) is 5.75. The number of aromatic carboxylic acids is 1. The Morgan fingerprint density at radius 3 is 2.45 bits per heavy atom. The highest BCUT2D eigenvalue weighted by Crippen LogP contribution is 2.35. The fourth-order valence-corrected chi connectivity index (χ4v) is 2.00. The Kier molecular flexibility index (Phi) is 3.29. The maximum absolute atomic E-state index is 12.8. The third-order valence-electron chi connectivity index (χ3n) is 2.94. The highest BCUT2D eigenvalue weighted by molar-refractivity contribution is 6.07. The number of halogens is 3. The number of nitrogens with one attached hydrogen (secondary N) is 1. The van der Waals surface area contributed by atoms with Crippen LogP contribution in [0.4, 0.5) is 13.2 Å². The molecule has 2 rings (SSSR count). The van der Waals surface area contributed by atoms with Gasteiger partial charge in [-0.2, -0.15) is 13.2 Å². The zero-order chi connectivity index (χ0) is 15.1. The zero-order valence-corrected chi connectivity index (χ0v) is 10.3. The molecule has 2 aromatic rings. The number of H-pyrrole nitrogens is 1. The summed E-state index contributed by atoms with van der Waals surface area (Å²) in [4.78, 5) is 24.7. The highest BCUT2D eigenvalue weighted by atomic mass is 19.4. The molecule has 0 saturated heterocycles. The fourth-order valence-electron chi connectivity index (χ4n) is 2.00. The number of fused-ring (bicyclic) bond motifs is 1. The second kappa shape index (κ2) is 4.66. The van der Waals surface area contributed by atoms with Gasteiger partial charge in [-0.15, -0.1) is 0 Å². The molecule has 1 heterocycles. The number of hydrogen-bond acceptors (Lipinski definition) is 2. The molecule has 0 unspecified atom stereocenters. The van der Waals surface area contributed by atoms with Crippen molar-refractivity contribution >= 4 is 22.7 Å². The van der Waals surface area contributed by atoms with E-state index in [0.29, 0.717) is 0 Å². The number of carboxylic acids is 1. The standard InChI is InChI=1S/C13H10F3NO3/c1-2-9(18)6-3-4-8-7(5-6)10(12(19)20)11(17-8)13(14,15)16/h3-5,17H,2H2,1H3,(H,19,20). The molecule has 106 valence electrons. The molecule has 1 aromatic heterocycles. The van der Waals surface area contributed by atoms with Gasteiger partial charge in [0.05, 0.1) is 5.56 Å². The number of Topliss-reactive ketones (excluding diaryl/α,β-unsaturated/α-hetero) is 1. The fraction of sp³-hybridized carbons (Fsp3) is 0.231. The number of benzene rings is 1. The third kappa shape index (κ3) is 2.26. The lowest BCUT2D eigenvalue weighted by atomic mass is 10.0. The quantitative estimate of drug-likeness (QED) is 0.848. The number of hydrogen-bond donors (Lipinski definition) is 2. The Bertz CT molecular complexity index is 701. The molecule has 20 heavy (non-hydrogen) atoms. The van der Waals surface area contributed by atoms with Crippen LogP contribution in [0.2, 0.25) is 0 Å². The Morgan fingerprint density at radius 2 is 1.95 bits per heavy atom. The molecule has 1 aromatic carbocycles. The van der Waals surface area contributed by atoms with Crippen molar-refractivity contribution < 1.29 is 27.9 Å². The second-order valence-electron chi connectivity index (χ2n) is 4.22. The molecule has 7 heteroatoms. The summed E-state index contributed by atoms with van der Waals surface area (Å²) in [6.07, 6.45) is -4.62. The highest BCUT2D eigenvalue weighted by Gasteiger charge is 2.38. The molecule has 0 amide bonds. The van der Waals surface area contributed by atoms with Gasteiger partial charge in [0.15, 0.2) is 5.78 Å². The first-order chi connectivity index (χ1) is 9.25. The van der Waals surface area contributed by atoms with Crippen molar-refractivity contribution in [2.24, 2.45) is 0 Å². The van der Waals surface area contributed by atoms with Crippen molar-refractivity contribution in [2.75, 3.05) is 0 Å². The molecule has 0 aliphatic rings. The monoisotopic (exact) mass is 285 g/mol. The lowest BCUT2D eigenvalue weighted by Crippen LogP contribution is -2.11. The number of aromatic amines is 1. The summed E-state index contributed by atoms with van der Waals surface area (Å²) >= 11 is 0. The van der Waals surface area contributed by atoms with E-state index in [2.05, 4.69) is 4.98 Å². The maximum Gasteiger partial charge on any atom is 0.432 e. The average Bonchev–Trinajstić information content (AvgIpc) is 2.76.